The van der Waals surface area contributed by atoms with E-state index in [4.69, 9.17) is 4.74 Å². The van der Waals surface area contributed by atoms with Gasteiger partial charge in [-0.15, -0.1) is 0 Å². The summed E-state index contributed by atoms with van der Waals surface area (Å²) in [6.45, 7) is 3.82. The number of pyridine rings is 1. The number of hydrogen-bond acceptors (Lipinski definition) is 4. The molecule has 134 valence electrons. The van der Waals surface area contributed by atoms with E-state index >= 15 is 0 Å². The number of ether oxygens (including phenoxy) is 1. The number of nitrogens with zero attached hydrogens (tertiary/aromatic N) is 3. The predicted octanol–water partition coefficient (Wildman–Crippen LogP) is 2.08. The third-order valence-electron chi connectivity index (χ3n) is 4.79. The highest BCUT2D eigenvalue weighted by atomic mass is 32.2. The third kappa shape index (κ3) is 3.63. The van der Waals surface area contributed by atoms with Crippen molar-refractivity contribution in [1.82, 2.24) is 13.9 Å². The minimum atomic E-state index is -3.23. The number of aryl methyl sites for hydroxylation is 1. The molecule has 25 heavy (non-hydrogen) atoms. The molecule has 0 radical (unpaired) electrons. The fraction of sp³-hybridized carbons (Fsp3) is 0.500. The summed E-state index contributed by atoms with van der Waals surface area (Å²) in [6, 6.07) is 9.79. The summed E-state index contributed by atoms with van der Waals surface area (Å²) >= 11 is 0. The molecular formula is C18H23N3O3S. The van der Waals surface area contributed by atoms with Gasteiger partial charge in [0.2, 0.25) is 10.0 Å². The molecule has 0 amide bonds. The molecule has 2 aliphatic rings. The van der Waals surface area contributed by atoms with Gasteiger partial charge in [-0.3, -0.25) is 4.98 Å². The van der Waals surface area contributed by atoms with Crippen molar-refractivity contribution in [2.24, 2.45) is 0 Å². The molecule has 2 aromatic heterocycles. The van der Waals surface area contributed by atoms with Crippen molar-refractivity contribution >= 4 is 10.0 Å². The minimum absolute atomic E-state index is 0.190. The number of aromatic nitrogens is 2. The van der Waals surface area contributed by atoms with E-state index in [1.165, 1.54) is 0 Å². The predicted molar refractivity (Wildman–Crippen MR) is 94.3 cm³/mol. The van der Waals surface area contributed by atoms with Gasteiger partial charge in [-0.05, 0) is 44.0 Å². The van der Waals surface area contributed by atoms with E-state index in [-0.39, 0.29) is 11.4 Å². The Morgan fingerprint density at radius 2 is 2.04 bits per heavy atom. The molecule has 0 unspecified atom stereocenters. The van der Waals surface area contributed by atoms with Crippen LogP contribution in [0.5, 0.6) is 0 Å². The Morgan fingerprint density at radius 1 is 1.20 bits per heavy atom. The molecule has 0 aromatic carbocycles. The van der Waals surface area contributed by atoms with Crippen molar-refractivity contribution in [2.75, 3.05) is 6.54 Å². The van der Waals surface area contributed by atoms with Gasteiger partial charge < -0.3 is 9.30 Å². The number of fused-ring (bicyclic) bond motifs is 1. The molecule has 6 nitrogen and oxygen atoms in total. The molecule has 7 heteroatoms. The van der Waals surface area contributed by atoms with Gasteiger partial charge in [0.1, 0.15) is 0 Å². The highest BCUT2D eigenvalue weighted by Crippen LogP contribution is 2.33. The molecule has 1 atom stereocenters. The van der Waals surface area contributed by atoms with Crippen molar-refractivity contribution in [2.45, 2.75) is 50.8 Å². The van der Waals surface area contributed by atoms with Crippen LogP contribution in [0.4, 0.5) is 0 Å². The first-order chi connectivity index (χ1) is 12.0. The molecule has 0 N–H and O–H groups in total. The van der Waals surface area contributed by atoms with E-state index in [2.05, 4.69) is 9.55 Å². The van der Waals surface area contributed by atoms with E-state index in [0.29, 0.717) is 26.2 Å². The lowest BCUT2D eigenvalue weighted by atomic mass is 10.3. The fourth-order valence-electron chi connectivity index (χ4n) is 3.28. The Kier molecular flexibility index (Phi) is 4.39. The first-order valence-corrected chi connectivity index (χ1v) is 10.2. The highest BCUT2D eigenvalue weighted by molar-refractivity contribution is 7.90. The van der Waals surface area contributed by atoms with Crippen LogP contribution in [0.1, 0.15) is 29.9 Å². The Bertz CT molecular complexity index is 858. The zero-order valence-corrected chi connectivity index (χ0v) is 15.2. The Balaban J connectivity index is 1.52. The topological polar surface area (TPSA) is 64.4 Å². The van der Waals surface area contributed by atoms with Gasteiger partial charge in [0, 0.05) is 30.7 Å². The molecule has 0 saturated heterocycles. The summed E-state index contributed by atoms with van der Waals surface area (Å²) in [4.78, 5) is 4.46. The van der Waals surface area contributed by atoms with Gasteiger partial charge in [-0.1, -0.05) is 6.07 Å². The maximum atomic E-state index is 12.7. The van der Waals surface area contributed by atoms with E-state index < -0.39 is 10.0 Å². The lowest BCUT2D eigenvalue weighted by molar-refractivity contribution is 0.0206. The van der Waals surface area contributed by atoms with Crippen molar-refractivity contribution in [3.8, 4) is 0 Å². The van der Waals surface area contributed by atoms with Crippen LogP contribution < -0.4 is 0 Å². The van der Waals surface area contributed by atoms with Gasteiger partial charge in [0.25, 0.3) is 0 Å². The molecule has 2 aromatic rings. The summed E-state index contributed by atoms with van der Waals surface area (Å²) < 4.78 is 35.3. The molecule has 1 aliphatic heterocycles. The van der Waals surface area contributed by atoms with E-state index in [1.54, 1.807) is 4.31 Å². The number of rotatable bonds is 5. The summed E-state index contributed by atoms with van der Waals surface area (Å²) in [7, 11) is -3.23. The Hall–Kier alpha value is -1.70. The molecule has 0 bridgehead atoms. The van der Waals surface area contributed by atoms with Crippen LogP contribution in [0.25, 0.3) is 0 Å². The van der Waals surface area contributed by atoms with Gasteiger partial charge in [-0.25, -0.2) is 8.42 Å². The Morgan fingerprint density at radius 3 is 2.80 bits per heavy atom. The first kappa shape index (κ1) is 16.8. The van der Waals surface area contributed by atoms with Gasteiger partial charge >= 0.3 is 0 Å². The van der Waals surface area contributed by atoms with E-state index in [1.807, 2.05) is 43.5 Å². The van der Waals surface area contributed by atoms with Crippen LogP contribution in [0.15, 0.2) is 36.5 Å². The molecule has 3 heterocycles. The average Bonchev–Trinajstić information content (AvgIpc) is 3.38. The van der Waals surface area contributed by atoms with Crippen molar-refractivity contribution in [3.63, 3.8) is 0 Å². The molecule has 1 fully saturated rings. The average molecular weight is 361 g/mol. The SMILES string of the molecule is Cc1cccc(CO[C@@H]2CN(S(=O)(=O)C3CC3)Cc3cccn3C2)n1. The van der Waals surface area contributed by atoms with Gasteiger partial charge in [0.15, 0.2) is 0 Å². The monoisotopic (exact) mass is 361 g/mol. The summed E-state index contributed by atoms with van der Waals surface area (Å²) in [5.41, 5.74) is 2.84. The summed E-state index contributed by atoms with van der Waals surface area (Å²) in [5, 5.41) is -0.201. The lowest BCUT2D eigenvalue weighted by Gasteiger charge is -2.23. The van der Waals surface area contributed by atoms with Crippen LogP contribution in [-0.4, -0.2) is 40.2 Å². The summed E-state index contributed by atoms with van der Waals surface area (Å²) in [5.74, 6) is 0. The van der Waals surface area contributed by atoms with Crippen LogP contribution in [0.3, 0.4) is 0 Å². The van der Waals surface area contributed by atoms with E-state index in [9.17, 15) is 8.42 Å². The maximum Gasteiger partial charge on any atom is 0.217 e. The molecule has 0 spiro atoms. The molecular weight excluding hydrogens is 338 g/mol. The van der Waals surface area contributed by atoms with Crippen LogP contribution in [0, 0.1) is 6.92 Å². The second kappa shape index (κ2) is 6.55. The standard InChI is InChI=1S/C18H23N3O3S/c1-14-4-2-5-15(19-14)13-24-17-11-20-9-3-6-16(20)10-21(12-17)25(22,23)18-7-8-18/h2-6,9,17-18H,7-8,10-13H2,1H3/t17-/m0/s1. The second-order valence-corrected chi connectivity index (χ2v) is 9.11. The number of hydrogen-bond donors (Lipinski definition) is 0. The molecule has 1 saturated carbocycles. The quantitative estimate of drug-likeness (QED) is 0.818. The van der Waals surface area contributed by atoms with Gasteiger partial charge in [-0.2, -0.15) is 4.31 Å². The zero-order chi connectivity index (χ0) is 17.4. The highest BCUT2D eigenvalue weighted by Gasteiger charge is 2.41. The van der Waals surface area contributed by atoms with Gasteiger partial charge in [0.05, 0.1) is 30.2 Å². The van der Waals surface area contributed by atoms with Crippen molar-refractivity contribution in [3.05, 3.63) is 53.6 Å². The molecule has 4 rings (SSSR count). The lowest BCUT2D eigenvalue weighted by Crippen LogP contribution is -2.39. The number of sulfonamides is 1. The van der Waals surface area contributed by atoms with Crippen molar-refractivity contribution in [1.29, 1.82) is 0 Å². The smallest absolute Gasteiger partial charge is 0.217 e. The Labute approximate surface area is 148 Å². The van der Waals surface area contributed by atoms with Crippen LogP contribution >= 0.6 is 0 Å². The molecule has 1 aliphatic carbocycles. The fourth-order valence-corrected chi connectivity index (χ4v) is 5.12. The summed E-state index contributed by atoms with van der Waals surface area (Å²) in [6.07, 6.45) is 3.35. The zero-order valence-electron chi connectivity index (χ0n) is 14.3. The van der Waals surface area contributed by atoms with Crippen molar-refractivity contribution < 1.29 is 13.2 Å². The first-order valence-electron chi connectivity index (χ1n) is 8.69. The van der Waals surface area contributed by atoms with E-state index in [0.717, 1.165) is 29.9 Å². The second-order valence-electron chi connectivity index (χ2n) is 6.89. The largest absolute Gasteiger partial charge is 0.369 e. The van der Waals surface area contributed by atoms with Crippen LogP contribution in [0.2, 0.25) is 0 Å². The third-order valence-corrected chi connectivity index (χ3v) is 7.10. The normalized spacial score (nSPS) is 21.7. The minimum Gasteiger partial charge on any atom is -0.369 e. The maximum absolute atomic E-state index is 12.7. The van der Waals surface area contributed by atoms with Crippen LogP contribution in [-0.2, 0) is 34.5 Å².